The van der Waals surface area contributed by atoms with Crippen molar-refractivity contribution in [2.24, 2.45) is 5.92 Å². The molecule has 0 spiro atoms. The maximum atomic E-state index is 12.8. The van der Waals surface area contributed by atoms with Gasteiger partial charge >= 0.3 is 0 Å². The normalized spacial score (nSPS) is 12.1. The van der Waals surface area contributed by atoms with E-state index in [1.54, 1.807) is 23.7 Å². The molecule has 1 amide bonds. The molecule has 0 radical (unpaired) electrons. The van der Waals surface area contributed by atoms with E-state index in [0.29, 0.717) is 24.1 Å². The van der Waals surface area contributed by atoms with E-state index in [9.17, 15) is 4.79 Å². The third kappa shape index (κ3) is 5.68. The molecule has 7 heteroatoms. The zero-order valence-corrected chi connectivity index (χ0v) is 19.0. The molecule has 0 bridgehead atoms. The van der Waals surface area contributed by atoms with Gasteiger partial charge in [-0.2, -0.15) is 4.98 Å². The van der Waals surface area contributed by atoms with E-state index < -0.39 is 0 Å². The van der Waals surface area contributed by atoms with Crippen LogP contribution in [0.2, 0.25) is 0 Å². The minimum atomic E-state index is -0.175. The lowest BCUT2D eigenvalue weighted by Gasteiger charge is -2.18. The molecule has 164 valence electrons. The van der Waals surface area contributed by atoms with E-state index in [1.807, 2.05) is 23.6 Å². The molecule has 1 N–H and O–H groups in total. The summed E-state index contributed by atoms with van der Waals surface area (Å²) >= 11 is 1.64. The van der Waals surface area contributed by atoms with Crippen molar-refractivity contribution in [3.05, 3.63) is 88.2 Å². The van der Waals surface area contributed by atoms with E-state index in [-0.39, 0.29) is 18.4 Å². The molecule has 3 heterocycles. The summed E-state index contributed by atoms with van der Waals surface area (Å²) in [6.07, 6.45) is 5.06. The number of nitrogens with zero attached hydrogens (tertiary/aromatic N) is 3. The van der Waals surface area contributed by atoms with Crippen molar-refractivity contribution in [2.45, 2.75) is 39.2 Å². The predicted octanol–water partition coefficient (Wildman–Crippen LogP) is 5.23. The van der Waals surface area contributed by atoms with Gasteiger partial charge in [0.2, 0.25) is 17.6 Å². The number of pyridine rings is 1. The number of aryl methyl sites for hydroxylation is 1. The zero-order chi connectivity index (χ0) is 22.3. The molecule has 6 nitrogen and oxygen atoms in total. The first-order valence-corrected chi connectivity index (χ1v) is 11.6. The van der Waals surface area contributed by atoms with Crippen LogP contribution in [0.3, 0.4) is 0 Å². The molecule has 0 aliphatic heterocycles. The number of thiophene rings is 1. The maximum Gasteiger partial charge on any atom is 0.227 e. The fourth-order valence-electron chi connectivity index (χ4n) is 3.52. The highest BCUT2D eigenvalue weighted by Crippen LogP contribution is 2.27. The quantitative estimate of drug-likeness (QED) is 0.381. The molecular formula is C25H26N4O2S. The van der Waals surface area contributed by atoms with Gasteiger partial charge in [0.1, 0.15) is 0 Å². The molecule has 32 heavy (non-hydrogen) atoms. The molecule has 0 aliphatic carbocycles. The van der Waals surface area contributed by atoms with E-state index >= 15 is 0 Å². The zero-order valence-electron chi connectivity index (χ0n) is 18.2. The van der Waals surface area contributed by atoms with Crippen LogP contribution in [0, 0.1) is 5.92 Å². The van der Waals surface area contributed by atoms with Gasteiger partial charge in [-0.1, -0.05) is 49.3 Å². The van der Waals surface area contributed by atoms with Gasteiger partial charge in [0.15, 0.2) is 0 Å². The number of carbonyl (C=O) groups excluding carboxylic acids is 1. The van der Waals surface area contributed by atoms with Crippen LogP contribution in [0.15, 0.2) is 70.8 Å². The Morgan fingerprint density at radius 1 is 1.09 bits per heavy atom. The number of benzene rings is 1. The number of amides is 1. The molecule has 1 aromatic carbocycles. The summed E-state index contributed by atoms with van der Waals surface area (Å²) in [5.74, 6) is 1.49. The first-order chi connectivity index (χ1) is 15.6. The van der Waals surface area contributed by atoms with E-state index in [1.165, 1.54) is 5.56 Å². The van der Waals surface area contributed by atoms with E-state index in [4.69, 9.17) is 4.52 Å². The molecule has 0 saturated carbocycles. The highest BCUT2D eigenvalue weighted by Gasteiger charge is 2.19. The van der Waals surface area contributed by atoms with Crippen molar-refractivity contribution in [2.75, 3.05) is 0 Å². The third-order valence-corrected chi connectivity index (χ3v) is 6.00. The molecule has 1 atom stereocenters. The Bertz CT molecular complexity index is 1120. The van der Waals surface area contributed by atoms with Crippen LogP contribution in [-0.2, 0) is 17.6 Å². The summed E-state index contributed by atoms with van der Waals surface area (Å²) in [4.78, 5) is 22.3. The van der Waals surface area contributed by atoms with Crippen molar-refractivity contribution >= 4 is 17.2 Å². The number of nitrogens with one attached hydrogen (secondary N) is 1. The monoisotopic (exact) mass is 446 g/mol. The minimum absolute atomic E-state index is 0.0571. The Morgan fingerprint density at radius 2 is 1.88 bits per heavy atom. The lowest BCUT2D eigenvalue weighted by atomic mass is 9.98. The summed E-state index contributed by atoms with van der Waals surface area (Å²) in [5.41, 5.74) is 3.21. The average molecular weight is 447 g/mol. The molecule has 4 aromatic rings. The van der Waals surface area contributed by atoms with Gasteiger partial charge in [-0.25, -0.2) is 0 Å². The maximum absolute atomic E-state index is 12.8. The van der Waals surface area contributed by atoms with Crippen molar-refractivity contribution in [1.29, 1.82) is 0 Å². The summed E-state index contributed by atoms with van der Waals surface area (Å²) < 4.78 is 5.32. The fourth-order valence-corrected chi connectivity index (χ4v) is 4.32. The average Bonchev–Trinajstić information content (AvgIpc) is 3.49. The highest BCUT2D eigenvalue weighted by atomic mass is 32.1. The Kier molecular flexibility index (Phi) is 7.07. The highest BCUT2D eigenvalue weighted by molar-refractivity contribution is 7.10. The number of carbonyl (C=O) groups is 1. The second kappa shape index (κ2) is 10.3. The van der Waals surface area contributed by atoms with Crippen LogP contribution >= 0.6 is 11.3 Å². The fraction of sp³-hybridized carbons (Fsp3) is 0.280. The van der Waals surface area contributed by atoms with Crippen LogP contribution < -0.4 is 5.32 Å². The van der Waals surface area contributed by atoms with Crippen LogP contribution in [-0.4, -0.2) is 21.0 Å². The second-order valence-electron chi connectivity index (χ2n) is 8.10. The van der Waals surface area contributed by atoms with Gasteiger partial charge in [-0.15, -0.1) is 11.3 Å². The Balaban J connectivity index is 1.40. The molecule has 3 aromatic heterocycles. The lowest BCUT2D eigenvalue weighted by molar-refractivity contribution is -0.121. The van der Waals surface area contributed by atoms with Gasteiger partial charge in [0.05, 0.1) is 6.04 Å². The topological polar surface area (TPSA) is 80.9 Å². The number of aromatic nitrogens is 3. The lowest BCUT2D eigenvalue weighted by Crippen LogP contribution is -2.29. The summed E-state index contributed by atoms with van der Waals surface area (Å²) in [6.45, 7) is 4.43. The van der Waals surface area contributed by atoms with Crippen LogP contribution in [0.4, 0.5) is 0 Å². The van der Waals surface area contributed by atoms with Crippen molar-refractivity contribution in [1.82, 2.24) is 20.4 Å². The molecule has 0 aliphatic rings. The van der Waals surface area contributed by atoms with Gasteiger partial charge < -0.3 is 9.84 Å². The van der Waals surface area contributed by atoms with Crippen molar-refractivity contribution in [3.8, 4) is 11.4 Å². The SMILES string of the molecule is CC(C)Cc1ccc(C(NC(=O)CCc2nc(-c3ccncc3)no2)c2cccs2)cc1. The number of hydrogen-bond acceptors (Lipinski definition) is 6. The number of hydrogen-bond donors (Lipinski definition) is 1. The summed E-state index contributed by atoms with van der Waals surface area (Å²) in [6, 6.07) is 16.1. The molecule has 0 fully saturated rings. The third-order valence-electron chi connectivity index (χ3n) is 5.06. The van der Waals surface area contributed by atoms with Crippen molar-refractivity contribution in [3.63, 3.8) is 0 Å². The molecule has 4 rings (SSSR count). The minimum Gasteiger partial charge on any atom is -0.344 e. The largest absolute Gasteiger partial charge is 0.344 e. The molecule has 0 saturated heterocycles. The van der Waals surface area contributed by atoms with Crippen LogP contribution in [0.1, 0.15) is 48.2 Å². The van der Waals surface area contributed by atoms with Crippen molar-refractivity contribution < 1.29 is 9.32 Å². The van der Waals surface area contributed by atoms with Gasteiger partial charge in [0, 0.05) is 35.7 Å². The molecule has 1 unspecified atom stereocenters. The second-order valence-corrected chi connectivity index (χ2v) is 9.08. The summed E-state index contributed by atoms with van der Waals surface area (Å²) in [5, 5.41) is 9.20. The first-order valence-electron chi connectivity index (χ1n) is 10.7. The Morgan fingerprint density at radius 3 is 2.56 bits per heavy atom. The summed E-state index contributed by atoms with van der Waals surface area (Å²) in [7, 11) is 0. The van der Waals surface area contributed by atoms with Crippen LogP contribution in [0.5, 0.6) is 0 Å². The molecular weight excluding hydrogens is 420 g/mol. The predicted molar refractivity (Wildman–Crippen MR) is 125 cm³/mol. The first kappa shape index (κ1) is 21.9. The standard InChI is InChI=1S/C25H26N4O2S/c1-17(2)16-18-5-7-19(8-6-18)24(21-4-3-15-32-21)27-22(30)9-10-23-28-25(29-31-23)20-11-13-26-14-12-20/h3-8,11-15,17,24H,9-10,16H2,1-2H3,(H,27,30). The van der Waals surface area contributed by atoms with E-state index in [2.05, 4.69) is 64.6 Å². The van der Waals surface area contributed by atoms with Gasteiger partial charge in [-0.3, -0.25) is 9.78 Å². The number of rotatable bonds is 9. The van der Waals surface area contributed by atoms with E-state index in [0.717, 1.165) is 22.4 Å². The van der Waals surface area contributed by atoms with Gasteiger partial charge in [-0.05, 0) is 47.0 Å². The Hall–Kier alpha value is -3.32. The smallest absolute Gasteiger partial charge is 0.227 e. The Labute approximate surface area is 191 Å². The van der Waals surface area contributed by atoms with Crippen LogP contribution in [0.25, 0.3) is 11.4 Å². The van der Waals surface area contributed by atoms with Gasteiger partial charge in [0.25, 0.3) is 0 Å².